The van der Waals surface area contributed by atoms with Gasteiger partial charge < -0.3 is 9.42 Å². The molecule has 1 unspecified atom stereocenters. The molecule has 1 atom stereocenters. The number of hydrogen-bond acceptors (Lipinski definition) is 2. The Morgan fingerprint density at radius 3 is 1.69 bits per heavy atom. The lowest BCUT2D eigenvalue weighted by atomic mass is 10.1. The molecule has 0 radical (unpaired) electrons. The summed E-state index contributed by atoms with van der Waals surface area (Å²) in [6.45, 7) is 4.71. The van der Waals surface area contributed by atoms with Crippen molar-refractivity contribution < 1.29 is 14.0 Å². The molecule has 26 heavy (non-hydrogen) atoms. The van der Waals surface area contributed by atoms with Crippen LogP contribution in [0.3, 0.4) is 0 Å². The normalized spacial score (nSPS) is 14.1. The molecule has 0 aromatic carbocycles. The summed E-state index contributed by atoms with van der Waals surface area (Å²) >= 11 is 0. The van der Waals surface area contributed by atoms with Crippen LogP contribution in [0.4, 0.5) is 0 Å². The van der Waals surface area contributed by atoms with Gasteiger partial charge in [0.25, 0.3) is 0 Å². The summed E-state index contributed by atoms with van der Waals surface area (Å²) in [5, 5.41) is 0. The zero-order chi connectivity index (χ0) is 19.3. The van der Waals surface area contributed by atoms with Gasteiger partial charge in [-0.25, -0.2) is 0 Å². The Labute approximate surface area is 163 Å². The monoisotopic (exact) mass is 388 g/mol. The Bertz CT molecular complexity index is 355. The number of rotatable bonds is 20. The second-order valence-corrected chi connectivity index (χ2v) is 9.47. The Hall–Kier alpha value is -0.110. The smallest absolute Gasteiger partial charge is 0.324 e. The lowest BCUT2D eigenvalue weighted by Gasteiger charge is -2.11. The molecule has 1 N–H and O–H groups in total. The number of unbranched alkanes of at least 4 members (excludes halogenated alkanes) is 13. The quantitative estimate of drug-likeness (QED) is 0.130. The second kappa shape index (κ2) is 19.6. The lowest BCUT2D eigenvalue weighted by molar-refractivity contribution is 0.252. The molecule has 4 heteroatoms. The average Bonchev–Trinajstić information content (AvgIpc) is 2.62. The highest BCUT2D eigenvalue weighted by atomic mass is 31.2. The molecule has 0 spiro atoms. The van der Waals surface area contributed by atoms with Gasteiger partial charge in [0.15, 0.2) is 0 Å². The summed E-state index contributed by atoms with van der Waals surface area (Å²) in [6.07, 6.45) is 24.5. The molecule has 0 saturated heterocycles. The summed E-state index contributed by atoms with van der Waals surface area (Å²) in [6, 6.07) is 0. The van der Waals surface area contributed by atoms with Crippen LogP contribution in [-0.4, -0.2) is 17.7 Å². The van der Waals surface area contributed by atoms with Gasteiger partial charge >= 0.3 is 7.60 Å². The van der Waals surface area contributed by atoms with Crippen molar-refractivity contribution in [1.82, 2.24) is 0 Å². The highest BCUT2D eigenvalue weighted by molar-refractivity contribution is 7.52. The van der Waals surface area contributed by atoms with Crippen LogP contribution in [0, 0.1) is 0 Å². The first-order chi connectivity index (χ1) is 12.6. The van der Waals surface area contributed by atoms with E-state index in [-0.39, 0.29) is 0 Å². The van der Waals surface area contributed by atoms with E-state index in [9.17, 15) is 9.46 Å². The van der Waals surface area contributed by atoms with Gasteiger partial charge in [-0.1, -0.05) is 90.2 Å². The zero-order valence-electron chi connectivity index (χ0n) is 17.6. The largest absolute Gasteiger partial charge is 0.328 e. The minimum Gasteiger partial charge on any atom is -0.324 e. The first kappa shape index (κ1) is 25.9. The summed E-state index contributed by atoms with van der Waals surface area (Å²) in [4.78, 5) is 9.60. The Morgan fingerprint density at radius 2 is 1.15 bits per heavy atom. The second-order valence-electron chi connectivity index (χ2n) is 7.49. The van der Waals surface area contributed by atoms with E-state index in [1.165, 1.54) is 77.0 Å². The molecule has 0 heterocycles. The lowest BCUT2D eigenvalue weighted by Crippen LogP contribution is -1.97. The highest BCUT2D eigenvalue weighted by Crippen LogP contribution is 2.42. The fourth-order valence-corrected chi connectivity index (χ4v) is 4.24. The van der Waals surface area contributed by atoms with E-state index in [2.05, 4.69) is 19.1 Å². The summed E-state index contributed by atoms with van der Waals surface area (Å²) in [5.41, 5.74) is 0. The zero-order valence-corrected chi connectivity index (χ0v) is 18.5. The van der Waals surface area contributed by atoms with Gasteiger partial charge in [0.2, 0.25) is 0 Å². The minimum atomic E-state index is -3.31. The highest BCUT2D eigenvalue weighted by Gasteiger charge is 2.17. The van der Waals surface area contributed by atoms with Crippen molar-refractivity contribution in [2.45, 2.75) is 117 Å². The van der Waals surface area contributed by atoms with Crippen LogP contribution < -0.4 is 0 Å². The standard InChI is InChI=1S/C22H45O3P/c1-3-5-7-8-9-10-11-12-13-14-15-16-17-18-19-20-21-25-26(23,24)22-6-4-2/h12-13H,3-11,14-22H2,1-2H3,(H,23,24). The molecule has 0 aliphatic heterocycles. The molecule has 0 aromatic heterocycles. The predicted molar refractivity (Wildman–Crippen MR) is 115 cm³/mol. The minimum absolute atomic E-state index is 0.301. The molecule has 0 amide bonds. The van der Waals surface area contributed by atoms with Crippen molar-refractivity contribution in [3.05, 3.63) is 12.2 Å². The molecular weight excluding hydrogens is 343 g/mol. The van der Waals surface area contributed by atoms with Crippen molar-refractivity contribution in [2.24, 2.45) is 0 Å². The summed E-state index contributed by atoms with van der Waals surface area (Å²) in [7, 11) is -3.31. The van der Waals surface area contributed by atoms with Crippen molar-refractivity contribution in [3.8, 4) is 0 Å². The van der Waals surface area contributed by atoms with Crippen LogP contribution in [-0.2, 0) is 9.09 Å². The molecule has 0 aromatic rings. The molecule has 0 aliphatic carbocycles. The van der Waals surface area contributed by atoms with Gasteiger partial charge in [0, 0.05) is 6.16 Å². The van der Waals surface area contributed by atoms with Crippen LogP contribution in [0.2, 0.25) is 0 Å². The predicted octanol–water partition coefficient (Wildman–Crippen LogP) is 8.03. The average molecular weight is 389 g/mol. The third kappa shape index (κ3) is 20.2. The van der Waals surface area contributed by atoms with Crippen molar-refractivity contribution in [3.63, 3.8) is 0 Å². The maximum Gasteiger partial charge on any atom is 0.328 e. The molecule has 0 saturated carbocycles. The third-order valence-electron chi connectivity index (χ3n) is 4.74. The van der Waals surface area contributed by atoms with E-state index >= 15 is 0 Å². The molecule has 3 nitrogen and oxygen atoms in total. The van der Waals surface area contributed by atoms with Crippen LogP contribution in [0.5, 0.6) is 0 Å². The molecule has 156 valence electrons. The maximum atomic E-state index is 11.7. The van der Waals surface area contributed by atoms with E-state index in [1.54, 1.807) is 0 Å². The topological polar surface area (TPSA) is 46.5 Å². The SMILES string of the molecule is CCCCCCCCC=CCCCCCCCCOP(=O)(O)CCCC. The molecule has 0 bridgehead atoms. The van der Waals surface area contributed by atoms with Gasteiger partial charge in [-0.2, -0.15) is 0 Å². The molecular formula is C22H45O3P. The maximum absolute atomic E-state index is 11.7. The van der Waals surface area contributed by atoms with Gasteiger partial charge in [-0.15, -0.1) is 0 Å². The van der Waals surface area contributed by atoms with E-state index < -0.39 is 7.60 Å². The Morgan fingerprint density at radius 1 is 0.692 bits per heavy atom. The van der Waals surface area contributed by atoms with Gasteiger partial charge in [0.1, 0.15) is 0 Å². The fourth-order valence-electron chi connectivity index (χ4n) is 2.98. The Kier molecular flexibility index (Phi) is 19.6. The third-order valence-corrected chi connectivity index (χ3v) is 6.21. The van der Waals surface area contributed by atoms with E-state index in [0.29, 0.717) is 12.8 Å². The van der Waals surface area contributed by atoms with Crippen LogP contribution >= 0.6 is 7.60 Å². The van der Waals surface area contributed by atoms with E-state index in [4.69, 9.17) is 4.52 Å². The van der Waals surface area contributed by atoms with Gasteiger partial charge in [-0.3, -0.25) is 4.57 Å². The summed E-state index contributed by atoms with van der Waals surface area (Å²) < 4.78 is 16.8. The molecule has 0 aliphatic rings. The summed E-state index contributed by atoms with van der Waals surface area (Å²) in [5.74, 6) is 0. The van der Waals surface area contributed by atoms with Crippen LogP contribution in [0.25, 0.3) is 0 Å². The van der Waals surface area contributed by atoms with Gasteiger partial charge in [-0.05, 0) is 38.5 Å². The van der Waals surface area contributed by atoms with E-state index in [1.807, 2.05) is 6.92 Å². The fraction of sp³-hybridized carbons (Fsp3) is 0.909. The number of allylic oxidation sites excluding steroid dienone is 2. The molecule has 0 fully saturated rings. The van der Waals surface area contributed by atoms with E-state index in [0.717, 1.165) is 25.7 Å². The molecule has 0 rings (SSSR count). The first-order valence-corrected chi connectivity index (χ1v) is 13.0. The van der Waals surface area contributed by atoms with Crippen LogP contribution in [0.1, 0.15) is 117 Å². The van der Waals surface area contributed by atoms with Gasteiger partial charge in [0.05, 0.1) is 6.61 Å². The Balaban J connectivity index is 3.24. The van der Waals surface area contributed by atoms with Crippen LogP contribution in [0.15, 0.2) is 12.2 Å². The van der Waals surface area contributed by atoms with Crippen molar-refractivity contribution in [2.75, 3.05) is 12.8 Å². The first-order valence-electron chi connectivity index (χ1n) is 11.2. The van der Waals surface area contributed by atoms with Crippen molar-refractivity contribution in [1.29, 1.82) is 0 Å². The van der Waals surface area contributed by atoms with Crippen molar-refractivity contribution >= 4 is 7.60 Å². The number of hydrogen-bond donors (Lipinski definition) is 1.